The lowest BCUT2D eigenvalue weighted by atomic mass is 10.1. The second kappa shape index (κ2) is 8.64. The van der Waals surface area contributed by atoms with Crippen LogP contribution >= 0.6 is 0 Å². The van der Waals surface area contributed by atoms with E-state index < -0.39 is 42.5 Å². The number of anilines is 1. The zero-order chi connectivity index (χ0) is 21.7. The number of hydrogen-bond donors (Lipinski definition) is 2. The minimum atomic E-state index is -1.09. The number of amides is 4. The lowest BCUT2D eigenvalue weighted by molar-refractivity contribution is -0.150. The molecule has 0 radical (unpaired) electrons. The van der Waals surface area contributed by atoms with E-state index in [0.29, 0.717) is 17.2 Å². The third-order valence-electron chi connectivity index (χ3n) is 4.23. The zero-order valence-corrected chi connectivity index (χ0v) is 16.5. The molecule has 0 bridgehead atoms. The van der Waals surface area contributed by atoms with Gasteiger partial charge in [-0.05, 0) is 38.1 Å². The number of urea groups is 1. The maximum absolute atomic E-state index is 12.2. The van der Waals surface area contributed by atoms with E-state index in [0.717, 1.165) is 4.90 Å². The fraction of sp³-hybridized carbons (Fsp3) is 0.238. The third kappa shape index (κ3) is 4.93. The van der Waals surface area contributed by atoms with Crippen LogP contribution in [0.3, 0.4) is 0 Å². The van der Waals surface area contributed by atoms with E-state index in [4.69, 9.17) is 9.47 Å². The van der Waals surface area contributed by atoms with E-state index in [9.17, 15) is 19.2 Å². The van der Waals surface area contributed by atoms with Crippen molar-refractivity contribution in [3.8, 4) is 11.5 Å². The molecule has 1 heterocycles. The average Bonchev–Trinajstić information content (AvgIpc) is 2.90. The Morgan fingerprint density at radius 1 is 1.03 bits per heavy atom. The van der Waals surface area contributed by atoms with Crippen LogP contribution in [0.5, 0.6) is 11.5 Å². The Morgan fingerprint density at radius 3 is 2.37 bits per heavy atom. The predicted octanol–water partition coefficient (Wildman–Crippen LogP) is 2.29. The minimum absolute atomic E-state index is 0.401. The van der Waals surface area contributed by atoms with Crippen molar-refractivity contribution in [1.29, 1.82) is 0 Å². The molecule has 0 aliphatic carbocycles. The van der Waals surface area contributed by atoms with Crippen LogP contribution < -0.4 is 15.4 Å². The van der Waals surface area contributed by atoms with Gasteiger partial charge in [-0.3, -0.25) is 19.3 Å². The van der Waals surface area contributed by atoms with Crippen LogP contribution in [0.2, 0.25) is 0 Å². The second-order valence-corrected chi connectivity index (χ2v) is 7.07. The standard InChI is InChI=1S/C21H21N3O6/c1-21(2)19(27)24(20(28)23-21)12-18(26)29-13-17(25)22-15-10-6-7-11-16(15)30-14-8-4-3-5-9-14/h3-11H,12-13H2,1-2H3,(H,22,25)(H,23,28). The molecule has 1 saturated heterocycles. The second-order valence-electron chi connectivity index (χ2n) is 7.07. The number of esters is 1. The number of hydrogen-bond acceptors (Lipinski definition) is 6. The Kier molecular flexibility index (Phi) is 6.01. The SMILES string of the molecule is CC1(C)NC(=O)N(CC(=O)OCC(=O)Nc2ccccc2Oc2ccccc2)C1=O. The van der Waals surface area contributed by atoms with Crippen molar-refractivity contribution in [2.24, 2.45) is 0 Å². The number of para-hydroxylation sites is 3. The van der Waals surface area contributed by atoms with Gasteiger partial charge in [0.1, 0.15) is 17.8 Å². The predicted molar refractivity (Wildman–Crippen MR) is 107 cm³/mol. The molecule has 2 aromatic carbocycles. The van der Waals surface area contributed by atoms with E-state index in [1.165, 1.54) is 13.8 Å². The molecule has 0 unspecified atom stereocenters. The van der Waals surface area contributed by atoms with Gasteiger partial charge in [-0.15, -0.1) is 0 Å². The topological polar surface area (TPSA) is 114 Å². The highest BCUT2D eigenvalue weighted by Crippen LogP contribution is 2.29. The molecule has 1 fully saturated rings. The molecule has 1 aliphatic rings. The van der Waals surface area contributed by atoms with E-state index in [1.54, 1.807) is 36.4 Å². The van der Waals surface area contributed by atoms with E-state index in [2.05, 4.69) is 10.6 Å². The molecule has 0 spiro atoms. The summed E-state index contributed by atoms with van der Waals surface area (Å²) in [7, 11) is 0. The summed E-state index contributed by atoms with van der Waals surface area (Å²) in [6.45, 7) is 1.91. The Morgan fingerprint density at radius 2 is 1.70 bits per heavy atom. The van der Waals surface area contributed by atoms with Crippen LogP contribution in [0, 0.1) is 0 Å². The number of imide groups is 1. The van der Waals surface area contributed by atoms with Gasteiger partial charge < -0.3 is 20.1 Å². The van der Waals surface area contributed by atoms with Crippen molar-refractivity contribution >= 4 is 29.5 Å². The van der Waals surface area contributed by atoms with Gasteiger partial charge in [0.15, 0.2) is 12.4 Å². The van der Waals surface area contributed by atoms with Gasteiger partial charge in [-0.2, -0.15) is 0 Å². The summed E-state index contributed by atoms with van der Waals surface area (Å²) in [4.78, 5) is 48.8. The largest absolute Gasteiger partial charge is 0.455 e. The Labute approximate surface area is 172 Å². The molecular formula is C21H21N3O6. The third-order valence-corrected chi connectivity index (χ3v) is 4.23. The van der Waals surface area contributed by atoms with Crippen LogP contribution in [0.4, 0.5) is 10.5 Å². The Hall–Kier alpha value is -3.88. The number of nitrogens with one attached hydrogen (secondary N) is 2. The smallest absolute Gasteiger partial charge is 0.326 e. The number of ether oxygens (including phenoxy) is 2. The van der Waals surface area contributed by atoms with Crippen LogP contribution in [-0.2, 0) is 19.1 Å². The summed E-state index contributed by atoms with van der Waals surface area (Å²) in [6, 6.07) is 15.2. The van der Waals surface area contributed by atoms with E-state index in [-0.39, 0.29) is 0 Å². The molecule has 1 aliphatic heterocycles. The van der Waals surface area contributed by atoms with Crippen molar-refractivity contribution in [1.82, 2.24) is 10.2 Å². The van der Waals surface area contributed by atoms with Gasteiger partial charge in [0.05, 0.1) is 5.69 Å². The first-order valence-corrected chi connectivity index (χ1v) is 9.18. The highest BCUT2D eigenvalue weighted by molar-refractivity contribution is 6.08. The average molecular weight is 411 g/mol. The minimum Gasteiger partial charge on any atom is -0.455 e. The normalized spacial score (nSPS) is 14.8. The number of nitrogens with zero attached hydrogens (tertiary/aromatic N) is 1. The Bertz CT molecular complexity index is 974. The summed E-state index contributed by atoms with van der Waals surface area (Å²) in [5.74, 6) is -0.988. The Balaban J connectivity index is 1.53. The van der Waals surface area contributed by atoms with Crippen molar-refractivity contribution < 1.29 is 28.7 Å². The molecule has 3 rings (SSSR count). The molecule has 0 atom stereocenters. The summed E-state index contributed by atoms with van der Waals surface area (Å²) in [5.41, 5.74) is -0.685. The molecule has 156 valence electrons. The molecule has 0 saturated carbocycles. The number of carbonyl (C=O) groups excluding carboxylic acids is 4. The lowest BCUT2D eigenvalue weighted by Crippen LogP contribution is -2.41. The molecule has 2 aromatic rings. The van der Waals surface area contributed by atoms with Gasteiger partial charge in [0, 0.05) is 0 Å². The fourth-order valence-corrected chi connectivity index (χ4v) is 2.74. The number of rotatable bonds is 7. The summed E-state index contributed by atoms with van der Waals surface area (Å²) in [5, 5.41) is 5.07. The lowest BCUT2D eigenvalue weighted by Gasteiger charge is -2.15. The maximum atomic E-state index is 12.2. The highest BCUT2D eigenvalue weighted by Gasteiger charge is 2.45. The molecular weight excluding hydrogens is 390 g/mol. The van der Waals surface area contributed by atoms with Crippen LogP contribution in [-0.4, -0.2) is 47.4 Å². The van der Waals surface area contributed by atoms with Gasteiger partial charge in [0.25, 0.3) is 11.8 Å². The monoisotopic (exact) mass is 411 g/mol. The highest BCUT2D eigenvalue weighted by atomic mass is 16.5. The van der Waals surface area contributed by atoms with Crippen molar-refractivity contribution in [2.75, 3.05) is 18.5 Å². The van der Waals surface area contributed by atoms with Crippen molar-refractivity contribution in [2.45, 2.75) is 19.4 Å². The molecule has 9 heteroatoms. The van der Waals surface area contributed by atoms with Gasteiger partial charge in [0.2, 0.25) is 0 Å². The van der Waals surface area contributed by atoms with E-state index >= 15 is 0 Å². The number of benzene rings is 2. The van der Waals surface area contributed by atoms with E-state index in [1.807, 2.05) is 18.2 Å². The number of carbonyl (C=O) groups is 4. The van der Waals surface area contributed by atoms with Crippen molar-refractivity contribution in [3.63, 3.8) is 0 Å². The zero-order valence-electron chi connectivity index (χ0n) is 16.5. The van der Waals surface area contributed by atoms with Crippen LogP contribution in [0.1, 0.15) is 13.8 Å². The summed E-state index contributed by atoms with van der Waals surface area (Å²) < 4.78 is 10.7. The van der Waals surface area contributed by atoms with Crippen LogP contribution in [0.25, 0.3) is 0 Å². The summed E-state index contributed by atoms with van der Waals surface area (Å²) in [6.07, 6.45) is 0. The van der Waals surface area contributed by atoms with Gasteiger partial charge >= 0.3 is 12.0 Å². The quantitative estimate of drug-likeness (QED) is 0.534. The summed E-state index contributed by atoms with van der Waals surface area (Å²) >= 11 is 0. The van der Waals surface area contributed by atoms with Gasteiger partial charge in [-0.25, -0.2) is 4.79 Å². The first kappa shape index (κ1) is 20.8. The molecule has 0 aromatic heterocycles. The van der Waals surface area contributed by atoms with Crippen molar-refractivity contribution in [3.05, 3.63) is 54.6 Å². The fourth-order valence-electron chi connectivity index (χ4n) is 2.74. The van der Waals surface area contributed by atoms with Crippen LogP contribution in [0.15, 0.2) is 54.6 Å². The first-order valence-electron chi connectivity index (χ1n) is 9.18. The molecule has 4 amide bonds. The molecule has 9 nitrogen and oxygen atoms in total. The van der Waals surface area contributed by atoms with Gasteiger partial charge in [-0.1, -0.05) is 30.3 Å². The maximum Gasteiger partial charge on any atom is 0.326 e. The molecule has 2 N–H and O–H groups in total. The first-order chi connectivity index (χ1) is 14.3. The molecule has 30 heavy (non-hydrogen) atoms.